The van der Waals surface area contributed by atoms with E-state index >= 15 is 0 Å². The fourth-order valence-electron chi connectivity index (χ4n) is 3.60. The van der Waals surface area contributed by atoms with Crippen molar-refractivity contribution in [2.45, 2.75) is 30.7 Å². The van der Waals surface area contributed by atoms with Gasteiger partial charge in [0, 0.05) is 43.1 Å². The first kappa shape index (κ1) is 19.5. The summed E-state index contributed by atoms with van der Waals surface area (Å²) in [6, 6.07) is 10.5. The molecule has 1 N–H and O–H groups in total. The zero-order valence-corrected chi connectivity index (χ0v) is 16.9. The van der Waals surface area contributed by atoms with Crippen LogP contribution in [0.4, 0.5) is 0 Å². The SMILES string of the molecule is Cc1cnc2c(S(=O)(=O)N3CCC(NC(=O)c4cccnc4)CC3)cccc2c1. The highest BCUT2D eigenvalue weighted by atomic mass is 32.2. The molecule has 1 amide bonds. The Balaban J connectivity index is 1.48. The standard InChI is InChI=1S/C21H22N4O3S/c1-15-12-16-4-2-6-19(20(16)23-13-15)29(27,28)25-10-7-18(8-11-25)24-21(26)17-5-3-9-22-14-17/h2-6,9,12-14,18H,7-8,10-11H2,1H3,(H,24,26). The second-order valence-electron chi connectivity index (χ2n) is 7.23. The third-order valence-corrected chi connectivity index (χ3v) is 7.07. The number of piperidine rings is 1. The molecular formula is C21H22N4O3S. The zero-order chi connectivity index (χ0) is 20.4. The molecule has 4 rings (SSSR count). The number of benzene rings is 1. The number of aromatic nitrogens is 2. The molecule has 7 nitrogen and oxygen atoms in total. The van der Waals surface area contributed by atoms with Gasteiger partial charge in [0.05, 0.1) is 11.1 Å². The van der Waals surface area contributed by atoms with Crippen LogP contribution >= 0.6 is 0 Å². The van der Waals surface area contributed by atoms with Crippen LogP contribution in [0.3, 0.4) is 0 Å². The summed E-state index contributed by atoms with van der Waals surface area (Å²) in [6.45, 7) is 2.63. The summed E-state index contributed by atoms with van der Waals surface area (Å²) in [5.74, 6) is -0.187. The molecule has 150 valence electrons. The Labute approximate surface area is 169 Å². The van der Waals surface area contributed by atoms with Gasteiger partial charge in [0.1, 0.15) is 4.90 Å². The number of pyridine rings is 2. The molecule has 0 saturated carbocycles. The summed E-state index contributed by atoms with van der Waals surface area (Å²) in [6.07, 6.45) is 5.93. The van der Waals surface area contributed by atoms with Crippen molar-refractivity contribution >= 4 is 26.8 Å². The van der Waals surface area contributed by atoms with Gasteiger partial charge < -0.3 is 5.32 Å². The van der Waals surface area contributed by atoms with Crippen LogP contribution in [0.2, 0.25) is 0 Å². The molecule has 29 heavy (non-hydrogen) atoms. The first-order chi connectivity index (χ1) is 13.9. The predicted molar refractivity (Wildman–Crippen MR) is 110 cm³/mol. The molecule has 2 aromatic heterocycles. The minimum absolute atomic E-state index is 0.0672. The number of hydrogen-bond donors (Lipinski definition) is 1. The third kappa shape index (κ3) is 3.99. The molecule has 0 atom stereocenters. The van der Waals surface area contributed by atoms with Crippen molar-refractivity contribution < 1.29 is 13.2 Å². The van der Waals surface area contributed by atoms with Gasteiger partial charge in [-0.2, -0.15) is 4.31 Å². The summed E-state index contributed by atoms with van der Waals surface area (Å²) >= 11 is 0. The van der Waals surface area contributed by atoms with E-state index in [-0.39, 0.29) is 16.8 Å². The van der Waals surface area contributed by atoms with E-state index in [0.29, 0.717) is 37.0 Å². The van der Waals surface area contributed by atoms with E-state index in [0.717, 1.165) is 10.9 Å². The molecule has 1 saturated heterocycles. The lowest BCUT2D eigenvalue weighted by atomic mass is 10.1. The monoisotopic (exact) mass is 410 g/mol. The van der Waals surface area contributed by atoms with Gasteiger partial charge in [0.2, 0.25) is 10.0 Å². The Morgan fingerprint density at radius 1 is 1.14 bits per heavy atom. The molecular weight excluding hydrogens is 388 g/mol. The summed E-state index contributed by atoms with van der Waals surface area (Å²) in [5, 5.41) is 3.78. The van der Waals surface area contributed by atoms with Crippen LogP contribution in [0.25, 0.3) is 10.9 Å². The van der Waals surface area contributed by atoms with Crippen molar-refractivity contribution in [3.05, 3.63) is 66.1 Å². The Morgan fingerprint density at radius 2 is 1.93 bits per heavy atom. The number of carbonyl (C=O) groups excluding carboxylic acids is 1. The Kier molecular flexibility index (Phi) is 5.29. The summed E-state index contributed by atoms with van der Waals surface area (Å²) in [5.41, 5.74) is 1.97. The number of nitrogens with one attached hydrogen (secondary N) is 1. The Hall–Kier alpha value is -2.84. The fraction of sp³-hybridized carbons (Fsp3) is 0.286. The average molecular weight is 410 g/mol. The van der Waals surface area contributed by atoms with E-state index in [1.807, 2.05) is 19.1 Å². The first-order valence-corrected chi connectivity index (χ1v) is 11.0. The van der Waals surface area contributed by atoms with E-state index in [4.69, 9.17) is 0 Å². The molecule has 1 aliphatic heterocycles. The lowest BCUT2D eigenvalue weighted by molar-refractivity contribution is 0.0923. The van der Waals surface area contributed by atoms with Gasteiger partial charge in [-0.1, -0.05) is 12.1 Å². The van der Waals surface area contributed by atoms with Crippen molar-refractivity contribution in [3.8, 4) is 0 Å². The van der Waals surface area contributed by atoms with Crippen molar-refractivity contribution in [1.29, 1.82) is 0 Å². The van der Waals surface area contributed by atoms with Gasteiger partial charge >= 0.3 is 0 Å². The number of carbonyl (C=O) groups is 1. The molecule has 1 fully saturated rings. The first-order valence-electron chi connectivity index (χ1n) is 9.51. The van der Waals surface area contributed by atoms with Crippen molar-refractivity contribution in [2.75, 3.05) is 13.1 Å². The highest BCUT2D eigenvalue weighted by molar-refractivity contribution is 7.89. The number of rotatable bonds is 4. The lowest BCUT2D eigenvalue weighted by Crippen LogP contribution is -2.46. The highest BCUT2D eigenvalue weighted by Gasteiger charge is 2.31. The van der Waals surface area contributed by atoms with Gasteiger partial charge in [0.25, 0.3) is 5.91 Å². The van der Waals surface area contributed by atoms with Gasteiger partial charge in [-0.25, -0.2) is 8.42 Å². The fourth-order valence-corrected chi connectivity index (χ4v) is 5.23. The highest BCUT2D eigenvalue weighted by Crippen LogP contribution is 2.27. The smallest absolute Gasteiger partial charge is 0.253 e. The minimum atomic E-state index is -3.66. The maximum Gasteiger partial charge on any atom is 0.253 e. The number of hydrogen-bond acceptors (Lipinski definition) is 5. The van der Waals surface area contributed by atoms with Crippen molar-refractivity contribution in [2.24, 2.45) is 0 Å². The maximum atomic E-state index is 13.2. The quantitative estimate of drug-likeness (QED) is 0.714. The number of aryl methyl sites for hydroxylation is 1. The van der Waals surface area contributed by atoms with Crippen LogP contribution in [-0.4, -0.2) is 47.7 Å². The molecule has 0 unspecified atom stereocenters. The van der Waals surface area contributed by atoms with Crippen LogP contribution in [0.5, 0.6) is 0 Å². The van der Waals surface area contributed by atoms with Crippen molar-refractivity contribution in [3.63, 3.8) is 0 Å². The van der Waals surface area contributed by atoms with E-state index < -0.39 is 10.0 Å². The number of fused-ring (bicyclic) bond motifs is 1. The van der Waals surface area contributed by atoms with Crippen LogP contribution in [0.15, 0.2) is 59.9 Å². The number of para-hydroxylation sites is 1. The summed E-state index contributed by atoms with van der Waals surface area (Å²) < 4.78 is 27.9. The third-order valence-electron chi connectivity index (χ3n) is 5.14. The predicted octanol–water partition coefficient (Wildman–Crippen LogP) is 2.52. The van der Waals surface area contributed by atoms with Crippen LogP contribution in [-0.2, 0) is 10.0 Å². The molecule has 1 aliphatic rings. The second-order valence-corrected chi connectivity index (χ2v) is 9.14. The molecule has 0 spiro atoms. The average Bonchev–Trinajstić information content (AvgIpc) is 2.74. The molecule has 0 bridgehead atoms. The summed E-state index contributed by atoms with van der Waals surface area (Å²) in [7, 11) is -3.66. The molecule has 3 aromatic rings. The van der Waals surface area contributed by atoms with Crippen molar-refractivity contribution in [1.82, 2.24) is 19.6 Å². The molecule has 0 aliphatic carbocycles. The number of amides is 1. The Bertz CT molecular complexity index is 1140. The second kappa shape index (κ2) is 7.88. The molecule has 8 heteroatoms. The normalized spacial score (nSPS) is 16.0. The van der Waals surface area contributed by atoms with E-state index in [1.54, 1.807) is 36.7 Å². The van der Waals surface area contributed by atoms with E-state index in [9.17, 15) is 13.2 Å². The van der Waals surface area contributed by atoms with Crippen LogP contribution < -0.4 is 5.32 Å². The lowest BCUT2D eigenvalue weighted by Gasteiger charge is -2.31. The molecule has 0 radical (unpaired) electrons. The zero-order valence-electron chi connectivity index (χ0n) is 16.1. The Morgan fingerprint density at radius 3 is 2.66 bits per heavy atom. The maximum absolute atomic E-state index is 13.2. The van der Waals surface area contributed by atoms with Gasteiger partial charge in [0.15, 0.2) is 0 Å². The summed E-state index contributed by atoms with van der Waals surface area (Å²) in [4.78, 5) is 20.8. The topological polar surface area (TPSA) is 92.3 Å². The van der Waals surface area contributed by atoms with E-state index in [1.165, 1.54) is 10.5 Å². The van der Waals surface area contributed by atoms with Gasteiger partial charge in [-0.15, -0.1) is 0 Å². The largest absolute Gasteiger partial charge is 0.349 e. The number of nitrogens with zero attached hydrogens (tertiary/aromatic N) is 3. The van der Waals surface area contributed by atoms with Crippen LogP contribution in [0.1, 0.15) is 28.8 Å². The minimum Gasteiger partial charge on any atom is -0.349 e. The molecule has 1 aromatic carbocycles. The molecule has 3 heterocycles. The van der Waals surface area contributed by atoms with Crippen LogP contribution in [0, 0.1) is 6.92 Å². The van der Waals surface area contributed by atoms with Gasteiger partial charge in [-0.05, 0) is 49.6 Å². The van der Waals surface area contributed by atoms with Gasteiger partial charge in [-0.3, -0.25) is 14.8 Å². The number of sulfonamides is 1. The van der Waals surface area contributed by atoms with E-state index in [2.05, 4.69) is 15.3 Å².